The van der Waals surface area contributed by atoms with Crippen molar-refractivity contribution in [2.24, 2.45) is 23.7 Å². The van der Waals surface area contributed by atoms with Crippen LogP contribution < -0.4 is 4.74 Å². The van der Waals surface area contributed by atoms with E-state index in [1.807, 2.05) is 24.3 Å². The Balaban J connectivity index is 1.42. The molecule has 1 nitrogen and oxygen atoms in total. The van der Waals surface area contributed by atoms with Crippen LogP contribution in [0.25, 0.3) is 0 Å². The highest BCUT2D eigenvalue weighted by atomic mass is 35.5. The first-order valence-corrected chi connectivity index (χ1v) is 10.9. The molecule has 2 aliphatic carbocycles. The van der Waals surface area contributed by atoms with Crippen molar-refractivity contribution in [3.8, 4) is 5.75 Å². The zero-order chi connectivity index (χ0) is 17.6. The van der Waals surface area contributed by atoms with E-state index < -0.39 is 0 Å². The van der Waals surface area contributed by atoms with Crippen LogP contribution in [0.1, 0.15) is 71.1 Å². The van der Waals surface area contributed by atoms with E-state index in [4.69, 9.17) is 28.6 Å². The maximum Gasteiger partial charge on any atom is 0.170 e. The molecule has 0 saturated heterocycles. The number of hydrogen-bond acceptors (Lipinski definition) is 2. The van der Waals surface area contributed by atoms with Crippen molar-refractivity contribution in [2.75, 3.05) is 0 Å². The molecule has 2 aliphatic rings. The molecule has 0 bridgehead atoms. The molecule has 0 atom stereocenters. The van der Waals surface area contributed by atoms with E-state index in [-0.39, 0.29) is 0 Å². The molecule has 0 heterocycles. The first kappa shape index (κ1) is 19.2. The average molecular weight is 379 g/mol. The second-order valence-electron chi connectivity index (χ2n) is 8.06. The molecule has 0 aromatic heterocycles. The highest BCUT2D eigenvalue weighted by molar-refractivity contribution is 7.80. The highest BCUT2D eigenvalue weighted by Crippen LogP contribution is 2.42. The number of ether oxygens (including phenoxy) is 1. The average Bonchev–Trinajstić information content (AvgIpc) is 2.65. The zero-order valence-electron chi connectivity index (χ0n) is 15.4. The smallest absolute Gasteiger partial charge is 0.170 e. The van der Waals surface area contributed by atoms with E-state index in [9.17, 15) is 0 Å². The van der Waals surface area contributed by atoms with Crippen LogP contribution in [0.4, 0.5) is 0 Å². The van der Waals surface area contributed by atoms with Crippen molar-refractivity contribution in [3.63, 3.8) is 0 Å². The number of thiocarbonyl (C=S) groups is 1. The first-order valence-electron chi connectivity index (χ1n) is 10.1. The summed E-state index contributed by atoms with van der Waals surface area (Å²) >= 11 is 11.5. The van der Waals surface area contributed by atoms with Crippen LogP contribution in [-0.2, 0) is 0 Å². The maximum absolute atomic E-state index is 5.92. The van der Waals surface area contributed by atoms with Crippen LogP contribution in [0.15, 0.2) is 24.3 Å². The largest absolute Gasteiger partial charge is 0.450 e. The second-order valence-corrected chi connectivity index (χ2v) is 8.90. The minimum Gasteiger partial charge on any atom is -0.450 e. The van der Waals surface area contributed by atoms with Crippen molar-refractivity contribution in [1.82, 2.24) is 0 Å². The van der Waals surface area contributed by atoms with Gasteiger partial charge in [0.1, 0.15) is 5.75 Å². The Kier molecular flexibility index (Phi) is 7.18. The van der Waals surface area contributed by atoms with Crippen molar-refractivity contribution in [2.45, 2.75) is 71.1 Å². The lowest BCUT2D eigenvalue weighted by molar-refractivity contribution is 0.153. The lowest BCUT2D eigenvalue weighted by Crippen LogP contribution is -2.29. The number of rotatable bonds is 5. The second kappa shape index (κ2) is 9.37. The van der Waals surface area contributed by atoms with Gasteiger partial charge in [0.25, 0.3) is 0 Å². The fourth-order valence-corrected chi connectivity index (χ4v) is 5.34. The van der Waals surface area contributed by atoms with Crippen LogP contribution in [0.5, 0.6) is 5.75 Å². The molecule has 3 rings (SSSR count). The molecule has 0 aliphatic heterocycles. The van der Waals surface area contributed by atoms with E-state index in [0.717, 1.165) is 33.6 Å². The van der Waals surface area contributed by atoms with E-state index in [2.05, 4.69) is 6.92 Å². The molecule has 0 spiro atoms. The zero-order valence-corrected chi connectivity index (χ0v) is 17.0. The quantitative estimate of drug-likeness (QED) is 0.491. The fraction of sp³-hybridized carbons (Fsp3) is 0.682. The molecule has 2 fully saturated rings. The third-order valence-corrected chi connectivity index (χ3v) is 7.06. The van der Waals surface area contributed by atoms with Gasteiger partial charge in [-0.15, -0.1) is 0 Å². The summed E-state index contributed by atoms with van der Waals surface area (Å²) in [5.41, 5.74) is 0. The topological polar surface area (TPSA) is 9.23 Å². The van der Waals surface area contributed by atoms with Gasteiger partial charge in [-0.05, 0) is 92.8 Å². The molecule has 138 valence electrons. The number of hydrogen-bond donors (Lipinski definition) is 0. The van der Waals surface area contributed by atoms with Gasteiger partial charge in [0.2, 0.25) is 0 Å². The Labute approximate surface area is 163 Å². The predicted octanol–water partition coefficient (Wildman–Crippen LogP) is 7.46. The Morgan fingerprint density at radius 2 is 1.52 bits per heavy atom. The van der Waals surface area contributed by atoms with Gasteiger partial charge >= 0.3 is 0 Å². The lowest BCUT2D eigenvalue weighted by atomic mass is 9.69. The molecule has 1 aromatic rings. The molecule has 3 heteroatoms. The molecule has 1 aromatic carbocycles. The minimum atomic E-state index is 0.443. The predicted molar refractivity (Wildman–Crippen MR) is 110 cm³/mol. The molecule has 0 radical (unpaired) electrons. The van der Waals surface area contributed by atoms with Crippen molar-refractivity contribution >= 4 is 28.9 Å². The van der Waals surface area contributed by atoms with E-state index in [0.29, 0.717) is 5.92 Å². The van der Waals surface area contributed by atoms with Gasteiger partial charge in [0.15, 0.2) is 5.05 Å². The summed E-state index contributed by atoms with van der Waals surface area (Å²) in [7, 11) is 0. The van der Waals surface area contributed by atoms with Crippen molar-refractivity contribution in [3.05, 3.63) is 29.3 Å². The SMILES string of the molecule is CCC[C@H]1CC[C@H]([C@H]2CC[C@H](C(=S)Oc3ccc(Cl)cc3)CC2)CC1. The van der Waals surface area contributed by atoms with Gasteiger partial charge in [-0.1, -0.05) is 44.2 Å². The summed E-state index contributed by atoms with van der Waals surface area (Å²) in [5.74, 6) is 4.17. The van der Waals surface area contributed by atoms with Gasteiger partial charge in [0, 0.05) is 10.9 Å². The van der Waals surface area contributed by atoms with E-state index in [1.54, 1.807) is 0 Å². The summed E-state index contributed by atoms with van der Waals surface area (Å²) in [5, 5.41) is 1.50. The van der Waals surface area contributed by atoms with Crippen LogP contribution in [-0.4, -0.2) is 5.05 Å². The number of halogens is 1. The molecule has 2 saturated carbocycles. The van der Waals surface area contributed by atoms with Gasteiger partial charge in [-0.25, -0.2) is 0 Å². The van der Waals surface area contributed by atoms with E-state index >= 15 is 0 Å². The Morgan fingerprint density at radius 3 is 2.08 bits per heavy atom. The van der Waals surface area contributed by atoms with Crippen molar-refractivity contribution < 1.29 is 4.74 Å². The third kappa shape index (κ3) is 5.44. The minimum absolute atomic E-state index is 0.443. The fourth-order valence-electron chi connectivity index (χ4n) is 4.88. The Hall–Kier alpha value is -0.600. The molecular formula is C22H31ClOS. The molecular weight excluding hydrogens is 348 g/mol. The summed E-state index contributed by atoms with van der Waals surface area (Å²) in [6, 6.07) is 7.50. The summed E-state index contributed by atoms with van der Waals surface area (Å²) in [4.78, 5) is 0. The summed E-state index contributed by atoms with van der Waals surface area (Å²) < 4.78 is 5.90. The standard InChI is InChI=1S/C22H31ClOS/c1-2-3-16-4-6-17(7-5-16)18-8-10-19(11-9-18)22(25)24-21-14-12-20(23)13-15-21/h12-19H,2-11H2,1H3/t16-,17-,18-,19-. The van der Waals surface area contributed by atoms with Crippen LogP contribution >= 0.6 is 23.8 Å². The van der Waals surface area contributed by atoms with Crippen molar-refractivity contribution in [1.29, 1.82) is 0 Å². The molecule has 0 unspecified atom stereocenters. The summed E-state index contributed by atoms with van der Waals surface area (Å²) in [6.07, 6.45) is 13.7. The molecule has 0 amide bonds. The third-order valence-electron chi connectivity index (χ3n) is 6.39. The van der Waals surface area contributed by atoms with Crippen LogP contribution in [0.2, 0.25) is 5.02 Å². The highest BCUT2D eigenvalue weighted by Gasteiger charge is 2.32. The van der Waals surface area contributed by atoms with Gasteiger partial charge < -0.3 is 4.74 Å². The monoisotopic (exact) mass is 378 g/mol. The van der Waals surface area contributed by atoms with Gasteiger partial charge in [-0.2, -0.15) is 0 Å². The summed E-state index contributed by atoms with van der Waals surface area (Å²) in [6.45, 7) is 2.32. The maximum atomic E-state index is 5.92. The normalized spacial score (nSPS) is 30.0. The number of benzene rings is 1. The van der Waals surface area contributed by atoms with E-state index in [1.165, 1.54) is 64.2 Å². The Morgan fingerprint density at radius 1 is 0.960 bits per heavy atom. The van der Waals surface area contributed by atoms with Crippen LogP contribution in [0, 0.1) is 23.7 Å². The Bertz CT molecular complexity index is 540. The van der Waals surface area contributed by atoms with Gasteiger partial charge in [-0.3, -0.25) is 0 Å². The van der Waals surface area contributed by atoms with Crippen LogP contribution in [0.3, 0.4) is 0 Å². The van der Waals surface area contributed by atoms with Gasteiger partial charge in [0.05, 0.1) is 0 Å². The lowest BCUT2D eigenvalue weighted by Gasteiger charge is -2.37. The molecule has 25 heavy (non-hydrogen) atoms. The first-order chi connectivity index (χ1) is 12.2. The molecule has 0 N–H and O–H groups in total.